The molecule has 2 bridgehead atoms. The number of hydrogen-bond acceptors (Lipinski definition) is 8. The first-order valence-electron chi connectivity index (χ1n) is 10.6. The number of ether oxygens (including phenoxy) is 4. The lowest BCUT2D eigenvalue weighted by Crippen LogP contribution is -2.29. The van der Waals surface area contributed by atoms with Gasteiger partial charge in [-0.05, 0) is 47.3 Å². The summed E-state index contributed by atoms with van der Waals surface area (Å²) in [6.07, 6.45) is 3.82. The summed E-state index contributed by atoms with van der Waals surface area (Å²) in [6.45, 7) is 2.77. The topological polar surface area (TPSA) is 85.7 Å². The highest BCUT2D eigenvalue weighted by molar-refractivity contribution is 9.18. The number of hydrogen-bond donors (Lipinski definition) is 2. The largest absolute Gasteiger partial charge is 0.494 e. The van der Waals surface area contributed by atoms with Gasteiger partial charge in [0.25, 0.3) is 0 Å². The first-order valence-corrected chi connectivity index (χ1v) is 11.3. The summed E-state index contributed by atoms with van der Waals surface area (Å²) in [5.41, 5.74) is 1.84. The van der Waals surface area contributed by atoms with E-state index in [1.807, 2.05) is 6.07 Å². The summed E-state index contributed by atoms with van der Waals surface area (Å²) in [6, 6.07) is 4.06. The van der Waals surface area contributed by atoms with Crippen LogP contribution in [0.15, 0.2) is 33.5 Å². The number of anilines is 1. The summed E-state index contributed by atoms with van der Waals surface area (Å²) < 4.78 is 24.1. The minimum absolute atomic E-state index is 0.182. The third kappa shape index (κ3) is 3.92. The SMILES string of the molecule is COc1cc2cc3c(c4c2OCO4)NC2=C(CCOCCCCC/N=c/13)C(Br)=NCN2. The minimum atomic E-state index is 0.182. The van der Waals surface area contributed by atoms with Gasteiger partial charge in [-0.1, -0.05) is 0 Å². The molecule has 164 valence electrons. The van der Waals surface area contributed by atoms with Crippen molar-refractivity contribution in [3.63, 3.8) is 0 Å². The van der Waals surface area contributed by atoms with Crippen molar-refractivity contribution in [2.75, 3.05) is 45.6 Å². The van der Waals surface area contributed by atoms with E-state index in [-0.39, 0.29) is 6.79 Å². The van der Waals surface area contributed by atoms with Crippen LogP contribution >= 0.6 is 15.9 Å². The number of aliphatic imine (C=N–C) groups is 1. The molecule has 9 heteroatoms. The van der Waals surface area contributed by atoms with Gasteiger partial charge in [-0.3, -0.25) is 9.98 Å². The van der Waals surface area contributed by atoms with Crippen molar-refractivity contribution in [2.24, 2.45) is 9.98 Å². The molecule has 2 N–H and O–H groups in total. The first kappa shape index (κ1) is 20.4. The second kappa shape index (κ2) is 8.92. The number of fused-ring (bicyclic) bond motifs is 4. The van der Waals surface area contributed by atoms with Crippen LogP contribution in [0.4, 0.5) is 5.69 Å². The van der Waals surface area contributed by atoms with Gasteiger partial charge < -0.3 is 29.6 Å². The van der Waals surface area contributed by atoms with Crippen molar-refractivity contribution in [2.45, 2.75) is 25.7 Å². The Labute approximate surface area is 188 Å². The number of methoxy groups -OCH3 is 1. The Morgan fingerprint density at radius 1 is 1.06 bits per heavy atom. The standard InChI is InChI=1S/C22H25BrN4O4/c1-28-16-10-13-9-15-17(16)24-6-3-2-4-7-29-8-5-14-21(23)25-11-26-22(14)27-18(15)20-19(13)30-12-31-20/h9-10,26-27H,2-8,11-12H2,1H3/b24-17+. The maximum atomic E-state index is 5.90. The van der Waals surface area contributed by atoms with Crippen molar-refractivity contribution in [3.05, 3.63) is 28.9 Å². The maximum Gasteiger partial charge on any atom is 0.231 e. The van der Waals surface area contributed by atoms with E-state index in [2.05, 4.69) is 37.6 Å². The Hall–Kier alpha value is -2.52. The van der Waals surface area contributed by atoms with Gasteiger partial charge in [0.05, 0.1) is 19.4 Å². The van der Waals surface area contributed by atoms with Crippen molar-refractivity contribution in [1.82, 2.24) is 5.32 Å². The van der Waals surface area contributed by atoms with Crippen molar-refractivity contribution < 1.29 is 18.9 Å². The maximum absolute atomic E-state index is 5.90. The van der Waals surface area contributed by atoms with Crippen LogP contribution in [0.25, 0.3) is 10.8 Å². The third-order valence-electron chi connectivity index (χ3n) is 5.65. The molecule has 5 rings (SSSR count). The quantitative estimate of drug-likeness (QED) is 0.638. The zero-order valence-corrected chi connectivity index (χ0v) is 19.0. The number of rotatable bonds is 1. The molecule has 0 unspecified atom stereocenters. The van der Waals surface area contributed by atoms with E-state index in [0.29, 0.717) is 24.8 Å². The fraction of sp³-hybridized carbons (Fsp3) is 0.455. The summed E-state index contributed by atoms with van der Waals surface area (Å²) in [4.78, 5) is 9.40. The van der Waals surface area contributed by atoms with Gasteiger partial charge in [-0.15, -0.1) is 0 Å². The molecule has 0 spiro atoms. The lowest BCUT2D eigenvalue weighted by molar-refractivity contribution is 0.133. The third-order valence-corrected chi connectivity index (χ3v) is 6.38. The Balaban J connectivity index is 1.71. The molecule has 3 heterocycles. The van der Waals surface area contributed by atoms with E-state index in [1.54, 1.807) is 7.11 Å². The number of benzene rings is 2. The van der Waals surface area contributed by atoms with E-state index in [0.717, 1.165) is 82.4 Å². The first-order chi connectivity index (χ1) is 15.3. The minimum Gasteiger partial charge on any atom is -0.494 e. The highest BCUT2D eigenvalue weighted by Gasteiger charge is 2.27. The molecule has 0 aliphatic carbocycles. The second-order valence-corrected chi connectivity index (χ2v) is 8.33. The lowest BCUT2D eigenvalue weighted by atomic mass is 10.0. The van der Waals surface area contributed by atoms with E-state index in [1.165, 1.54) is 0 Å². The Bertz CT molecular complexity index is 1110. The van der Waals surface area contributed by atoms with Gasteiger partial charge in [0.1, 0.15) is 28.2 Å². The van der Waals surface area contributed by atoms with E-state index < -0.39 is 0 Å². The van der Waals surface area contributed by atoms with Crippen LogP contribution < -0.4 is 30.2 Å². The predicted molar refractivity (Wildman–Crippen MR) is 123 cm³/mol. The van der Waals surface area contributed by atoms with Crippen LogP contribution in [0.3, 0.4) is 0 Å². The smallest absolute Gasteiger partial charge is 0.231 e. The van der Waals surface area contributed by atoms with Crippen LogP contribution in [0.5, 0.6) is 17.2 Å². The lowest BCUT2D eigenvalue weighted by Gasteiger charge is -2.23. The Morgan fingerprint density at radius 2 is 1.97 bits per heavy atom. The van der Waals surface area contributed by atoms with Crippen LogP contribution in [-0.4, -0.2) is 45.0 Å². The molecule has 0 atom stereocenters. The normalized spacial score (nSPS) is 20.5. The molecule has 0 saturated heterocycles. The molecule has 0 fully saturated rings. The molecule has 31 heavy (non-hydrogen) atoms. The number of nitrogens with one attached hydrogen (secondary N) is 2. The van der Waals surface area contributed by atoms with E-state index >= 15 is 0 Å². The molecule has 0 amide bonds. The van der Waals surface area contributed by atoms with Gasteiger partial charge in [0.2, 0.25) is 6.79 Å². The molecule has 0 saturated carbocycles. The van der Waals surface area contributed by atoms with Crippen LogP contribution in [0, 0.1) is 0 Å². The van der Waals surface area contributed by atoms with Crippen molar-refractivity contribution in [3.8, 4) is 17.2 Å². The number of nitrogens with zero attached hydrogens (tertiary/aromatic N) is 2. The Kier molecular flexibility index (Phi) is 5.87. The fourth-order valence-corrected chi connectivity index (χ4v) is 4.62. The van der Waals surface area contributed by atoms with E-state index in [4.69, 9.17) is 23.9 Å². The average molecular weight is 489 g/mol. The highest BCUT2D eigenvalue weighted by Crippen LogP contribution is 2.46. The fourth-order valence-electron chi connectivity index (χ4n) is 4.10. The van der Waals surface area contributed by atoms with Crippen LogP contribution in [0.2, 0.25) is 0 Å². The molecule has 0 radical (unpaired) electrons. The zero-order chi connectivity index (χ0) is 21.2. The van der Waals surface area contributed by atoms with Crippen LogP contribution in [-0.2, 0) is 4.74 Å². The molecule has 3 aliphatic rings. The van der Waals surface area contributed by atoms with Crippen molar-refractivity contribution in [1.29, 1.82) is 0 Å². The summed E-state index contributed by atoms with van der Waals surface area (Å²) in [7, 11) is 1.68. The monoisotopic (exact) mass is 488 g/mol. The summed E-state index contributed by atoms with van der Waals surface area (Å²) >= 11 is 3.62. The average Bonchev–Trinajstić information content (AvgIpc) is 3.26. The molecule has 3 aliphatic heterocycles. The summed E-state index contributed by atoms with van der Waals surface area (Å²) in [5.74, 6) is 3.01. The van der Waals surface area contributed by atoms with Gasteiger partial charge >= 0.3 is 0 Å². The van der Waals surface area contributed by atoms with Crippen molar-refractivity contribution >= 4 is 37.0 Å². The van der Waals surface area contributed by atoms with Gasteiger partial charge in [0.15, 0.2) is 11.5 Å². The van der Waals surface area contributed by atoms with Crippen LogP contribution in [0.1, 0.15) is 25.7 Å². The van der Waals surface area contributed by atoms with Gasteiger partial charge in [-0.2, -0.15) is 0 Å². The highest BCUT2D eigenvalue weighted by atomic mass is 79.9. The molecule has 8 nitrogen and oxygen atoms in total. The zero-order valence-electron chi connectivity index (χ0n) is 17.4. The second-order valence-electron chi connectivity index (χ2n) is 7.58. The number of halogens is 1. The molecule has 2 aromatic carbocycles. The van der Waals surface area contributed by atoms with Gasteiger partial charge in [0, 0.05) is 35.9 Å². The molecular weight excluding hydrogens is 464 g/mol. The summed E-state index contributed by atoms with van der Waals surface area (Å²) in [5, 5.41) is 9.63. The molecule has 2 aromatic rings. The van der Waals surface area contributed by atoms with E-state index in [9.17, 15) is 0 Å². The van der Waals surface area contributed by atoms with Gasteiger partial charge in [-0.25, -0.2) is 0 Å². The molecule has 0 aromatic heterocycles. The predicted octanol–water partition coefficient (Wildman–Crippen LogP) is 3.48. The molecular formula is C22H25BrN4O4. The Morgan fingerprint density at radius 3 is 2.87 bits per heavy atom.